The third kappa shape index (κ3) is 3.64. The highest BCUT2D eigenvalue weighted by Gasteiger charge is 2.43. The summed E-state index contributed by atoms with van der Waals surface area (Å²) in [6.07, 6.45) is 5.83. The predicted octanol–water partition coefficient (Wildman–Crippen LogP) is 2.22. The Labute approximate surface area is 141 Å². The Bertz CT molecular complexity index is 695. The molecular formula is C18H23FN4O. The second-order valence-corrected chi connectivity index (χ2v) is 6.81. The van der Waals surface area contributed by atoms with Crippen molar-refractivity contribution in [3.05, 3.63) is 54.1 Å². The normalized spacial score (nSPS) is 16.8. The van der Waals surface area contributed by atoms with Crippen molar-refractivity contribution >= 4 is 5.91 Å². The molecule has 1 saturated carbocycles. The first-order chi connectivity index (χ1) is 11.5. The van der Waals surface area contributed by atoms with E-state index in [4.69, 9.17) is 0 Å². The van der Waals surface area contributed by atoms with Gasteiger partial charge in [0.15, 0.2) is 0 Å². The fourth-order valence-corrected chi connectivity index (χ4v) is 3.03. The van der Waals surface area contributed by atoms with Crippen molar-refractivity contribution in [3.63, 3.8) is 0 Å². The number of rotatable bonds is 7. The largest absolute Gasteiger partial charge is 0.354 e. The number of carbonyl (C=O) groups is 1. The van der Waals surface area contributed by atoms with Crippen molar-refractivity contribution in [3.8, 4) is 0 Å². The van der Waals surface area contributed by atoms with E-state index < -0.39 is 6.04 Å². The molecule has 2 aromatic rings. The van der Waals surface area contributed by atoms with Gasteiger partial charge in [-0.2, -0.15) is 5.10 Å². The van der Waals surface area contributed by atoms with Gasteiger partial charge >= 0.3 is 0 Å². The number of amides is 1. The van der Waals surface area contributed by atoms with Crippen LogP contribution in [0.3, 0.4) is 0 Å². The lowest BCUT2D eigenvalue weighted by Crippen LogP contribution is -2.40. The molecule has 1 aromatic carbocycles. The number of aromatic nitrogens is 2. The molecule has 1 heterocycles. The molecular weight excluding hydrogens is 307 g/mol. The van der Waals surface area contributed by atoms with Gasteiger partial charge < -0.3 is 5.32 Å². The molecule has 1 unspecified atom stereocenters. The van der Waals surface area contributed by atoms with Crippen molar-refractivity contribution in [2.45, 2.75) is 25.4 Å². The molecule has 128 valence electrons. The first-order valence-corrected chi connectivity index (χ1v) is 8.17. The number of benzene rings is 1. The zero-order valence-corrected chi connectivity index (χ0v) is 14.1. The van der Waals surface area contributed by atoms with Crippen LogP contribution in [-0.4, -0.2) is 41.2 Å². The van der Waals surface area contributed by atoms with Crippen molar-refractivity contribution < 1.29 is 9.18 Å². The first kappa shape index (κ1) is 16.6. The average molecular weight is 330 g/mol. The molecule has 1 N–H and O–H groups in total. The maximum Gasteiger partial charge on any atom is 0.242 e. The van der Waals surface area contributed by atoms with E-state index in [1.165, 1.54) is 6.07 Å². The van der Waals surface area contributed by atoms with E-state index in [-0.39, 0.29) is 17.1 Å². The van der Waals surface area contributed by atoms with Crippen LogP contribution in [0.4, 0.5) is 4.39 Å². The minimum Gasteiger partial charge on any atom is -0.354 e. The van der Waals surface area contributed by atoms with Gasteiger partial charge in [-0.3, -0.25) is 14.4 Å². The number of nitrogens with zero attached hydrogens (tertiary/aromatic N) is 3. The molecule has 0 bridgehead atoms. The van der Waals surface area contributed by atoms with E-state index in [2.05, 4.69) is 10.4 Å². The van der Waals surface area contributed by atoms with Crippen LogP contribution in [-0.2, 0) is 11.3 Å². The summed E-state index contributed by atoms with van der Waals surface area (Å²) in [5.41, 5.74) is 0.477. The zero-order chi connectivity index (χ0) is 17.2. The standard InChI is InChI=1S/C18H23FN4O/c1-22(2)16(14-6-3-4-7-15(14)19)17(24)20-12-18(8-9-18)13-23-11-5-10-21-23/h3-7,10-11,16H,8-9,12-13H2,1-2H3,(H,20,24). The summed E-state index contributed by atoms with van der Waals surface area (Å²) in [6, 6.07) is 7.70. The second kappa shape index (κ2) is 6.73. The van der Waals surface area contributed by atoms with Crippen LogP contribution in [0.25, 0.3) is 0 Å². The highest BCUT2D eigenvalue weighted by molar-refractivity contribution is 5.83. The predicted molar refractivity (Wildman–Crippen MR) is 89.7 cm³/mol. The third-order valence-electron chi connectivity index (χ3n) is 4.62. The number of hydrogen-bond donors (Lipinski definition) is 1. The maximum atomic E-state index is 14.1. The Balaban J connectivity index is 1.65. The van der Waals surface area contributed by atoms with Crippen LogP contribution >= 0.6 is 0 Å². The molecule has 24 heavy (non-hydrogen) atoms. The van der Waals surface area contributed by atoms with Gasteiger partial charge in [-0.1, -0.05) is 18.2 Å². The third-order valence-corrected chi connectivity index (χ3v) is 4.62. The van der Waals surface area contributed by atoms with Gasteiger partial charge in [-0.15, -0.1) is 0 Å². The minimum absolute atomic E-state index is 0.0772. The van der Waals surface area contributed by atoms with Crippen molar-refractivity contribution in [2.75, 3.05) is 20.6 Å². The Morgan fingerprint density at radius 3 is 2.71 bits per heavy atom. The van der Waals surface area contributed by atoms with Gasteiger partial charge in [-0.05, 0) is 39.1 Å². The average Bonchev–Trinajstić information content (AvgIpc) is 3.11. The molecule has 3 rings (SSSR count). The summed E-state index contributed by atoms with van der Waals surface area (Å²) in [7, 11) is 3.57. The van der Waals surface area contributed by atoms with E-state index in [0.29, 0.717) is 12.1 Å². The Morgan fingerprint density at radius 2 is 2.12 bits per heavy atom. The van der Waals surface area contributed by atoms with E-state index >= 15 is 0 Å². The molecule has 1 atom stereocenters. The van der Waals surface area contributed by atoms with Gasteiger partial charge in [-0.25, -0.2) is 4.39 Å². The van der Waals surface area contributed by atoms with Crippen molar-refractivity contribution in [2.24, 2.45) is 5.41 Å². The quantitative estimate of drug-likeness (QED) is 0.847. The van der Waals surface area contributed by atoms with Crippen molar-refractivity contribution in [1.82, 2.24) is 20.0 Å². The molecule has 0 aliphatic heterocycles. The van der Waals surface area contributed by atoms with Crippen LogP contribution in [0.15, 0.2) is 42.7 Å². The van der Waals surface area contributed by atoms with E-state index in [1.807, 2.05) is 16.9 Å². The van der Waals surface area contributed by atoms with E-state index in [9.17, 15) is 9.18 Å². The second-order valence-electron chi connectivity index (χ2n) is 6.81. The maximum absolute atomic E-state index is 14.1. The van der Waals surface area contributed by atoms with Crippen LogP contribution in [0, 0.1) is 11.2 Å². The fourth-order valence-electron chi connectivity index (χ4n) is 3.03. The van der Waals surface area contributed by atoms with Crippen LogP contribution < -0.4 is 5.32 Å². The molecule has 1 aromatic heterocycles. The van der Waals surface area contributed by atoms with Gasteiger partial charge in [0.1, 0.15) is 11.9 Å². The summed E-state index contributed by atoms with van der Waals surface area (Å²) in [5.74, 6) is -0.527. The lowest BCUT2D eigenvalue weighted by molar-refractivity contribution is -0.126. The first-order valence-electron chi connectivity index (χ1n) is 8.17. The molecule has 5 nitrogen and oxygen atoms in total. The van der Waals surface area contributed by atoms with Gasteiger partial charge in [0.25, 0.3) is 0 Å². The zero-order valence-electron chi connectivity index (χ0n) is 14.1. The molecule has 1 amide bonds. The smallest absolute Gasteiger partial charge is 0.242 e. The molecule has 0 saturated heterocycles. The minimum atomic E-state index is -0.633. The summed E-state index contributed by atoms with van der Waals surface area (Å²) in [4.78, 5) is 14.4. The topological polar surface area (TPSA) is 50.2 Å². The molecule has 1 fully saturated rings. The van der Waals surface area contributed by atoms with Crippen LogP contribution in [0.5, 0.6) is 0 Å². The molecule has 1 aliphatic rings. The molecule has 0 radical (unpaired) electrons. The number of hydrogen-bond acceptors (Lipinski definition) is 3. The lowest BCUT2D eigenvalue weighted by atomic mass is 10.0. The van der Waals surface area contributed by atoms with E-state index in [0.717, 1.165) is 19.4 Å². The SMILES string of the molecule is CN(C)C(C(=O)NCC1(Cn2cccn2)CC1)c1ccccc1F. The number of halogens is 1. The highest BCUT2D eigenvalue weighted by Crippen LogP contribution is 2.46. The Hall–Kier alpha value is -2.21. The molecule has 6 heteroatoms. The number of nitrogens with one attached hydrogen (secondary N) is 1. The van der Waals surface area contributed by atoms with Gasteiger partial charge in [0, 0.05) is 36.5 Å². The number of likely N-dealkylation sites (N-methyl/N-ethyl adjacent to an activating group) is 1. The lowest BCUT2D eigenvalue weighted by Gasteiger charge is -2.25. The summed E-state index contributed by atoms with van der Waals surface area (Å²) < 4.78 is 16.0. The molecule has 0 spiro atoms. The monoisotopic (exact) mass is 330 g/mol. The van der Waals surface area contributed by atoms with Crippen molar-refractivity contribution in [1.29, 1.82) is 0 Å². The van der Waals surface area contributed by atoms with Gasteiger partial charge in [0.2, 0.25) is 5.91 Å². The summed E-state index contributed by atoms with van der Waals surface area (Å²) in [6.45, 7) is 1.39. The van der Waals surface area contributed by atoms with E-state index in [1.54, 1.807) is 43.4 Å². The summed E-state index contributed by atoms with van der Waals surface area (Å²) >= 11 is 0. The Morgan fingerprint density at radius 1 is 1.38 bits per heavy atom. The van der Waals surface area contributed by atoms with Gasteiger partial charge in [0.05, 0.1) is 0 Å². The Kier molecular flexibility index (Phi) is 4.66. The number of carbonyl (C=O) groups excluding carboxylic acids is 1. The van der Waals surface area contributed by atoms with Crippen LogP contribution in [0.2, 0.25) is 0 Å². The molecule has 1 aliphatic carbocycles. The summed E-state index contributed by atoms with van der Waals surface area (Å²) in [5, 5.41) is 7.25. The fraction of sp³-hybridized carbons (Fsp3) is 0.444. The highest BCUT2D eigenvalue weighted by atomic mass is 19.1. The van der Waals surface area contributed by atoms with Crippen LogP contribution in [0.1, 0.15) is 24.4 Å².